The van der Waals surface area contributed by atoms with Crippen LogP contribution in [0.1, 0.15) is 21.7 Å². The Morgan fingerprint density at radius 2 is 1.94 bits per heavy atom. The third-order valence-electron chi connectivity index (χ3n) is 2.75. The maximum absolute atomic E-state index is 11.1. The average Bonchev–Trinajstić information content (AvgIpc) is 2.56. The van der Waals surface area contributed by atoms with Gasteiger partial charge >= 0.3 is 5.97 Å². The van der Waals surface area contributed by atoms with E-state index in [0.717, 1.165) is 20.6 Å². The first-order valence-electron chi connectivity index (χ1n) is 5.19. The molecule has 0 aliphatic rings. The summed E-state index contributed by atoms with van der Waals surface area (Å²) in [6.45, 7) is 3.75. The zero-order valence-corrected chi connectivity index (χ0v) is 11.7. The molecule has 2 rings (SSSR count). The van der Waals surface area contributed by atoms with Crippen molar-refractivity contribution >= 4 is 28.6 Å². The van der Waals surface area contributed by atoms with Crippen molar-refractivity contribution in [1.82, 2.24) is 4.57 Å². The highest BCUT2D eigenvalue weighted by Crippen LogP contribution is 2.24. The fraction of sp³-hybridized carbons (Fsp3) is 0.154. The number of halogens is 1. The second kappa shape index (κ2) is 4.52. The van der Waals surface area contributed by atoms with Gasteiger partial charge in [-0.05, 0) is 54.6 Å². The SMILES string of the molecule is Cc1cc(C(=O)O)c(C)n1-c1ccccc1I. The third-order valence-corrected chi connectivity index (χ3v) is 3.67. The zero-order valence-electron chi connectivity index (χ0n) is 9.57. The number of carboxylic acids is 1. The van der Waals surface area contributed by atoms with Gasteiger partial charge in [0.1, 0.15) is 0 Å². The molecule has 0 atom stereocenters. The Bertz CT molecular complexity index is 587. The van der Waals surface area contributed by atoms with Gasteiger partial charge in [0.2, 0.25) is 0 Å². The van der Waals surface area contributed by atoms with E-state index in [2.05, 4.69) is 22.6 Å². The van der Waals surface area contributed by atoms with Gasteiger partial charge in [0.05, 0.1) is 11.3 Å². The maximum atomic E-state index is 11.1. The smallest absolute Gasteiger partial charge is 0.337 e. The molecule has 1 aromatic heterocycles. The molecule has 2 aromatic rings. The average molecular weight is 341 g/mol. The molecular formula is C13H12INO2. The molecule has 3 nitrogen and oxygen atoms in total. The highest BCUT2D eigenvalue weighted by molar-refractivity contribution is 14.1. The van der Waals surface area contributed by atoms with Crippen LogP contribution in [-0.4, -0.2) is 15.6 Å². The maximum Gasteiger partial charge on any atom is 0.337 e. The Morgan fingerprint density at radius 3 is 2.47 bits per heavy atom. The summed E-state index contributed by atoms with van der Waals surface area (Å²) in [6, 6.07) is 9.64. The van der Waals surface area contributed by atoms with Gasteiger partial charge in [0, 0.05) is 15.0 Å². The first kappa shape index (κ1) is 12.2. The fourth-order valence-electron chi connectivity index (χ4n) is 1.98. The van der Waals surface area contributed by atoms with Gasteiger partial charge in [-0.15, -0.1) is 0 Å². The summed E-state index contributed by atoms with van der Waals surface area (Å²) < 4.78 is 3.08. The molecule has 4 heteroatoms. The molecule has 1 heterocycles. The summed E-state index contributed by atoms with van der Waals surface area (Å²) in [5, 5.41) is 9.10. The summed E-state index contributed by atoms with van der Waals surface area (Å²) in [7, 11) is 0. The van der Waals surface area contributed by atoms with Gasteiger partial charge in [-0.1, -0.05) is 12.1 Å². The Morgan fingerprint density at radius 1 is 1.29 bits per heavy atom. The fourth-order valence-corrected chi connectivity index (χ4v) is 2.61. The van der Waals surface area contributed by atoms with Crippen LogP contribution in [0, 0.1) is 17.4 Å². The van der Waals surface area contributed by atoms with Gasteiger partial charge in [-0.25, -0.2) is 4.79 Å². The third kappa shape index (κ3) is 2.09. The lowest BCUT2D eigenvalue weighted by molar-refractivity contribution is 0.0696. The number of hydrogen-bond acceptors (Lipinski definition) is 1. The van der Waals surface area contributed by atoms with E-state index < -0.39 is 5.97 Å². The largest absolute Gasteiger partial charge is 0.478 e. The van der Waals surface area contributed by atoms with Crippen molar-refractivity contribution in [2.75, 3.05) is 0 Å². The molecule has 0 bridgehead atoms. The van der Waals surface area contributed by atoms with E-state index in [1.807, 2.05) is 42.7 Å². The molecular weight excluding hydrogens is 329 g/mol. The molecule has 0 saturated carbocycles. The summed E-state index contributed by atoms with van der Waals surface area (Å²) >= 11 is 2.26. The van der Waals surface area contributed by atoms with Gasteiger partial charge in [-0.3, -0.25) is 0 Å². The highest BCUT2D eigenvalue weighted by atomic mass is 127. The van der Waals surface area contributed by atoms with Crippen molar-refractivity contribution in [3.63, 3.8) is 0 Å². The van der Waals surface area contributed by atoms with E-state index in [0.29, 0.717) is 5.56 Å². The Balaban J connectivity index is 2.69. The zero-order chi connectivity index (χ0) is 12.6. The molecule has 88 valence electrons. The Kier molecular flexibility index (Phi) is 3.24. The molecule has 1 N–H and O–H groups in total. The number of carbonyl (C=O) groups is 1. The molecule has 1 aromatic carbocycles. The summed E-state index contributed by atoms with van der Waals surface area (Å²) in [6.07, 6.45) is 0. The second-order valence-corrected chi connectivity index (χ2v) is 5.04. The van der Waals surface area contributed by atoms with E-state index in [1.54, 1.807) is 6.07 Å². The van der Waals surface area contributed by atoms with E-state index in [4.69, 9.17) is 5.11 Å². The van der Waals surface area contributed by atoms with Crippen molar-refractivity contribution < 1.29 is 9.90 Å². The van der Waals surface area contributed by atoms with Crippen LogP contribution in [-0.2, 0) is 0 Å². The summed E-state index contributed by atoms with van der Waals surface area (Å²) in [5.41, 5.74) is 3.08. The molecule has 0 saturated heterocycles. The quantitative estimate of drug-likeness (QED) is 0.851. The Hall–Kier alpha value is -1.30. The molecule has 0 fully saturated rings. The van der Waals surface area contributed by atoms with Crippen molar-refractivity contribution in [3.05, 3.63) is 50.9 Å². The number of benzene rings is 1. The lowest BCUT2D eigenvalue weighted by atomic mass is 10.2. The van der Waals surface area contributed by atoms with Crippen LogP contribution in [0.2, 0.25) is 0 Å². The predicted molar refractivity (Wildman–Crippen MR) is 74.9 cm³/mol. The molecule has 0 unspecified atom stereocenters. The minimum absolute atomic E-state index is 0.363. The minimum Gasteiger partial charge on any atom is -0.478 e. The standard InChI is InChI=1S/C13H12INO2/c1-8-7-10(13(16)17)9(2)15(8)12-6-4-3-5-11(12)14/h3-7H,1-2H3,(H,16,17). The molecule has 0 spiro atoms. The lowest BCUT2D eigenvalue weighted by Gasteiger charge is -2.11. The van der Waals surface area contributed by atoms with Crippen LogP contribution in [0.4, 0.5) is 0 Å². The van der Waals surface area contributed by atoms with Gasteiger partial charge in [-0.2, -0.15) is 0 Å². The molecule has 17 heavy (non-hydrogen) atoms. The normalized spacial score (nSPS) is 10.5. The Labute approximate surface area is 113 Å². The van der Waals surface area contributed by atoms with Crippen LogP contribution in [0.3, 0.4) is 0 Å². The number of aromatic nitrogens is 1. The van der Waals surface area contributed by atoms with Gasteiger partial charge in [0.15, 0.2) is 0 Å². The monoisotopic (exact) mass is 341 g/mol. The number of hydrogen-bond donors (Lipinski definition) is 1. The lowest BCUT2D eigenvalue weighted by Crippen LogP contribution is -2.03. The predicted octanol–water partition coefficient (Wildman–Crippen LogP) is 3.40. The number of carboxylic acid groups (broad SMARTS) is 1. The minimum atomic E-state index is -0.879. The second-order valence-electron chi connectivity index (χ2n) is 3.88. The number of rotatable bonds is 2. The van der Waals surface area contributed by atoms with Crippen LogP contribution in [0.5, 0.6) is 0 Å². The van der Waals surface area contributed by atoms with Crippen molar-refractivity contribution in [2.24, 2.45) is 0 Å². The number of aryl methyl sites for hydroxylation is 1. The number of nitrogens with zero attached hydrogens (tertiary/aromatic N) is 1. The summed E-state index contributed by atoms with van der Waals surface area (Å²) in [4.78, 5) is 11.1. The van der Waals surface area contributed by atoms with Crippen LogP contribution >= 0.6 is 22.6 Å². The van der Waals surface area contributed by atoms with Crippen molar-refractivity contribution in [1.29, 1.82) is 0 Å². The van der Waals surface area contributed by atoms with E-state index in [9.17, 15) is 4.79 Å². The van der Waals surface area contributed by atoms with E-state index in [1.165, 1.54) is 0 Å². The first-order valence-corrected chi connectivity index (χ1v) is 6.27. The van der Waals surface area contributed by atoms with Crippen LogP contribution in [0.15, 0.2) is 30.3 Å². The van der Waals surface area contributed by atoms with Crippen molar-refractivity contribution in [3.8, 4) is 5.69 Å². The van der Waals surface area contributed by atoms with Crippen LogP contribution < -0.4 is 0 Å². The first-order chi connectivity index (χ1) is 8.02. The van der Waals surface area contributed by atoms with Crippen LogP contribution in [0.25, 0.3) is 5.69 Å². The topological polar surface area (TPSA) is 42.2 Å². The van der Waals surface area contributed by atoms with Gasteiger partial charge in [0.25, 0.3) is 0 Å². The highest BCUT2D eigenvalue weighted by Gasteiger charge is 2.16. The molecule has 0 radical (unpaired) electrons. The summed E-state index contributed by atoms with van der Waals surface area (Å²) in [5.74, 6) is -0.879. The molecule has 0 amide bonds. The van der Waals surface area contributed by atoms with E-state index in [-0.39, 0.29) is 0 Å². The van der Waals surface area contributed by atoms with Gasteiger partial charge < -0.3 is 9.67 Å². The molecule has 0 aliphatic heterocycles. The van der Waals surface area contributed by atoms with E-state index >= 15 is 0 Å². The number of aromatic carboxylic acids is 1. The number of para-hydroxylation sites is 1. The molecule has 0 aliphatic carbocycles. The van der Waals surface area contributed by atoms with Crippen molar-refractivity contribution in [2.45, 2.75) is 13.8 Å².